The Morgan fingerprint density at radius 2 is 2.11 bits per heavy atom. The van der Waals surface area contributed by atoms with E-state index < -0.39 is 0 Å². The van der Waals surface area contributed by atoms with Crippen LogP contribution in [0.15, 0.2) is 12.4 Å². The molecule has 1 aliphatic rings. The van der Waals surface area contributed by atoms with Crippen LogP contribution < -0.4 is 11.1 Å². The van der Waals surface area contributed by atoms with Crippen LogP contribution in [0.5, 0.6) is 0 Å². The summed E-state index contributed by atoms with van der Waals surface area (Å²) < 4.78 is 0. The number of nitrogens with zero attached hydrogens (tertiary/aromatic N) is 2. The molecule has 0 spiro atoms. The molecule has 1 aliphatic carbocycles. The van der Waals surface area contributed by atoms with Gasteiger partial charge in [-0.25, -0.2) is 4.98 Å². The molecule has 1 fully saturated rings. The molecule has 6 heteroatoms. The SMILES string of the molecule is Cc1cnc(C(=O)NC(CN)C2CCCC2)cn1.Cl. The summed E-state index contributed by atoms with van der Waals surface area (Å²) in [5, 5.41) is 2.98. The van der Waals surface area contributed by atoms with Crippen molar-refractivity contribution >= 4 is 18.3 Å². The number of halogens is 1. The van der Waals surface area contributed by atoms with Gasteiger partial charge in [0.1, 0.15) is 5.69 Å². The summed E-state index contributed by atoms with van der Waals surface area (Å²) in [5.74, 6) is 0.335. The number of rotatable bonds is 4. The normalized spacial score (nSPS) is 16.7. The highest BCUT2D eigenvalue weighted by Crippen LogP contribution is 2.27. The molecule has 5 nitrogen and oxygen atoms in total. The van der Waals surface area contributed by atoms with E-state index in [0.29, 0.717) is 18.2 Å². The molecule has 0 aromatic carbocycles. The van der Waals surface area contributed by atoms with Crippen LogP contribution in [-0.2, 0) is 0 Å². The topological polar surface area (TPSA) is 80.9 Å². The molecule has 0 radical (unpaired) electrons. The average molecular weight is 285 g/mol. The number of amides is 1. The number of aryl methyl sites for hydroxylation is 1. The average Bonchev–Trinajstić information content (AvgIpc) is 2.90. The Morgan fingerprint density at radius 1 is 1.42 bits per heavy atom. The second-order valence-electron chi connectivity index (χ2n) is 4.90. The lowest BCUT2D eigenvalue weighted by Gasteiger charge is -2.22. The number of nitrogens with two attached hydrogens (primary N) is 1. The summed E-state index contributed by atoms with van der Waals surface area (Å²) in [6.45, 7) is 2.32. The third-order valence-corrected chi connectivity index (χ3v) is 3.55. The first-order valence-electron chi connectivity index (χ1n) is 6.50. The van der Waals surface area contributed by atoms with Crippen molar-refractivity contribution in [1.29, 1.82) is 0 Å². The van der Waals surface area contributed by atoms with Crippen molar-refractivity contribution in [2.75, 3.05) is 6.54 Å². The van der Waals surface area contributed by atoms with Gasteiger partial charge in [-0.15, -0.1) is 12.4 Å². The van der Waals surface area contributed by atoms with Crippen LogP contribution in [0.2, 0.25) is 0 Å². The predicted molar refractivity (Wildman–Crippen MR) is 76.3 cm³/mol. The molecule has 1 aromatic rings. The Balaban J connectivity index is 0.00000180. The van der Waals surface area contributed by atoms with Crippen molar-refractivity contribution in [2.24, 2.45) is 11.7 Å². The van der Waals surface area contributed by atoms with Gasteiger partial charge in [0.15, 0.2) is 0 Å². The molecule has 0 bridgehead atoms. The molecule has 0 aliphatic heterocycles. The third-order valence-electron chi connectivity index (χ3n) is 3.55. The van der Waals surface area contributed by atoms with E-state index in [9.17, 15) is 4.79 Å². The Labute approximate surface area is 119 Å². The largest absolute Gasteiger partial charge is 0.346 e. The zero-order valence-electron chi connectivity index (χ0n) is 11.1. The Morgan fingerprint density at radius 3 is 2.63 bits per heavy atom. The van der Waals surface area contributed by atoms with Crippen molar-refractivity contribution in [3.8, 4) is 0 Å². The summed E-state index contributed by atoms with van der Waals surface area (Å²) in [6.07, 6.45) is 7.89. The first-order chi connectivity index (χ1) is 8.70. The first-order valence-corrected chi connectivity index (χ1v) is 6.50. The smallest absolute Gasteiger partial charge is 0.271 e. The van der Waals surface area contributed by atoms with Crippen LogP contribution in [0.4, 0.5) is 0 Å². The standard InChI is InChI=1S/C13H20N4O.ClH/c1-9-7-16-12(8-15-9)13(18)17-11(6-14)10-4-2-3-5-10;/h7-8,10-11H,2-6,14H2,1H3,(H,17,18);1H. The van der Waals surface area contributed by atoms with Crippen LogP contribution >= 0.6 is 12.4 Å². The van der Waals surface area contributed by atoms with Crippen LogP contribution in [0.25, 0.3) is 0 Å². The van der Waals surface area contributed by atoms with E-state index in [4.69, 9.17) is 5.73 Å². The molecule has 1 amide bonds. The first kappa shape index (κ1) is 15.9. The fourth-order valence-corrected chi connectivity index (χ4v) is 2.48. The van der Waals surface area contributed by atoms with Gasteiger partial charge < -0.3 is 11.1 Å². The maximum Gasteiger partial charge on any atom is 0.271 e. The van der Waals surface area contributed by atoms with Crippen LogP contribution in [0, 0.1) is 12.8 Å². The van der Waals surface area contributed by atoms with E-state index in [2.05, 4.69) is 15.3 Å². The van der Waals surface area contributed by atoms with E-state index in [0.717, 1.165) is 18.5 Å². The van der Waals surface area contributed by atoms with Gasteiger partial charge in [0.05, 0.1) is 11.9 Å². The van der Waals surface area contributed by atoms with Crippen LogP contribution in [0.3, 0.4) is 0 Å². The summed E-state index contributed by atoms with van der Waals surface area (Å²) >= 11 is 0. The van der Waals surface area contributed by atoms with Crippen molar-refractivity contribution in [2.45, 2.75) is 38.6 Å². The summed E-state index contributed by atoms with van der Waals surface area (Å²) in [4.78, 5) is 20.2. The van der Waals surface area contributed by atoms with Gasteiger partial charge >= 0.3 is 0 Å². The molecule has 1 heterocycles. The minimum Gasteiger partial charge on any atom is -0.346 e. The van der Waals surface area contributed by atoms with E-state index in [1.54, 1.807) is 6.20 Å². The Hall–Kier alpha value is -1.20. The second-order valence-corrected chi connectivity index (χ2v) is 4.90. The van der Waals surface area contributed by atoms with Crippen LogP contribution in [-0.4, -0.2) is 28.5 Å². The quantitative estimate of drug-likeness (QED) is 0.877. The minimum absolute atomic E-state index is 0. The number of aromatic nitrogens is 2. The molecule has 0 saturated heterocycles. The van der Waals surface area contributed by atoms with E-state index >= 15 is 0 Å². The van der Waals surface area contributed by atoms with Crippen molar-refractivity contribution in [3.05, 3.63) is 23.8 Å². The van der Waals surface area contributed by atoms with Gasteiger partial charge in [0, 0.05) is 18.8 Å². The fourth-order valence-electron chi connectivity index (χ4n) is 2.48. The number of hydrogen-bond acceptors (Lipinski definition) is 4. The number of carbonyl (C=O) groups is 1. The lowest BCUT2D eigenvalue weighted by molar-refractivity contribution is 0.0918. The van der Waals surface area contributed by atoms with Crippen molar-refractivity contribution < 1.29 is 4.79 Å². The minimum atomic E-state index is -0.176. The molecule has 1 aromatic heterocycles. The highest BCUT2D eigenvalue weighted by Gasteiger charge is 2.25. The van der Waals surface area contributed by atoms with Gasteiger partial charge in [-0.1, -0.05) is 12.8 Å². The van der Waals surface area contributed by atoms with Gasteiger partial charge in [-0.3, -0.25) is 9.78 Å². The Bertz CT molecular complexity index is 404. The molecular weight excluding hydrogens is 264 g/mol. The number of nitrogens with one attached hydrogen (secondary N) is 1. The molecule has 106 valence electrons. The highest BCUT2D eigenvalue weighted by molar-refractivity contribution is 5.92. The summed E-state index contributed by atoms with van der Waals surface area (Å²) in [5.41, 5.74) is 6.91. The molecule has 1 saturated carbocycles. The van der Waals surface area contributed by atoms with Crippen LogP contribution in [0.1, 0.15) is 41.9 Å². The lowest BCUT2D eigenvalue weighted by Crippen LogP contribution is -2.44. The fraction of sp³-hybridized carbons (Fsp3) is 0.615. The molecule has 3 N–H and O–H groups in total. The zero-order chi connectivity index (χ0) is 13.0. The van der Waals surface area contributed by atoms with E-state index in [-0.39, 0.29) is 24.4 Å². The molecule has 2 rings (SSSR count). The van der Waals surface area contributed by atoms with E-state index in [1.165, 1.54) is 19.0 Å². The summed E-state index contributed by atoms with van der Waals surface area (Å²) in [7, 11) is 0. The number of hydrogen-bond donors (Lipinski definition) is 2. The lowest BCUT2D eigenvalue weighted by atomic mass is 9.98. The predicted octanol–water partition coefficient (Wildman–Crippen LogP) is 1.45. The molecule has 1 atom stereocenters. The monoisotopic (exact) mass is 284 g/mol. The molecule has 19 heavy (non-hydrogen) atoms. The summed E-state index contributed by atoms with van der Waals surface area (Å²) in [6, 6.07) is 0.0584. The van der Waals surface area contributed by atoms with Gasteiger partial charge in [-0.2, -0.15) is 0 Å². The van der Waals surface area contributed by atoms with Crippen molar-refractivity contribution in [3.63, 3.8) is 0 Å². The highest BCUT2D eigenvalue weighted by atomic mass is 35.5. The van der Waals surface area contributed by atoms with Gasteiger partial charge in [0.2, 0.25) is 0 Å². The zero-order valence-corrected chi connectivity index (χ0v) is 11.9. The molecular formula is C13H21ClN4O. The number of carbonyl (C=O) groups excluding carboxylic acids is 1. The maximum absolute atomic E-state index is 12.0. The molecule has 1 unspecified atom stereocenters. The second kappa shape index (κ2) is 7.40. The van der Waals surface area contributed by atoms with Gasteiger partial charge in [-0.05, 0) is 25.7 Å². The third kappa shape index (κ3) is 4.14. The van der Waals surface area contributed by atoms with E-state index in [1.807, 2.05) is 6.92 Å². The van der Waals surface area contributed by atoms with Crippen molar-refractivity contribution in [1.82, 2.24) is 15.3 Å². The maximum atomic E-state index is 12.0. The van der Waals surface area contributed by atoms with Gasteiger partial charge in [0.25, 0.3) is 5.91 Å². The Kier molecular flexibility index (Phi) is 6.18.